The largest absolute Gasteiger partial charge is 0.353 e. The van der Waals surface area contributed by atoms with Crippen molar-refractivity contribution in [2.45, 2.75) is 38.1 Å². The molecule has 0 spiro atoms. The fourth-order valence-electron chi connectivity index (χ4n) is 4.47. The second-order valence-corrected chi connectivity index (χ2v) is 8.90. The molecule has 4 rings (SSSR count). The number of anilines is 2. The van der Waals surface area contributed by atoms with Crippen molar-refractivity contribution < 1.29 is 9.59 Å². The molecule has 0 unspecified atom stereocenters. The number of amides is 3. The van der Waals surface area contributed by atoms with Gasteiger partial charge in [0.2, 0.25) is 0 Å². The summed E-state index contributed by atoms with van der Waals surface area (Å²) in [5.41, 5.74) is 1.06. The summed E-state index contributed by atoms with van der Waals surface area (Å²) in [6, 6.07) is 11.1. The molecule has 1 saturated heterocycles. The number of carbonyl (C=O) groups excluding carboxylic acids is 2. The predicted molar refractivity (Wildman–Crippen MR) is 127 cm³/mol. The summed E-state index contributed by atoms with van der Waals surface area (Å²) in [7, 11) is 1.86. The zero-order valence-electron chi connectivity index (χ0n) is 18.5. The summed E-state index contributed by atoms with van der Waals surface area (Å²) in [4.78, 5) is 35.8. The van der Waals surface area contributed by atoms with Crippen LogP contribution in [0.15, 0.2) is 42.6 Å². The van der Waals surface area contributed by atoms with Crippen molar-refractivity contribution in [2.24, 2.45) is 0 Å². The Morgan fingerprint density at radius 2 is 1.81 bits per heavy atom. The average Bonchev–Trinajstić information content (AvgIpc) is 2.84. The molecule has 1 N–H and O–H groups in total. The molecule has 1 aliphatic carbocycles. The van der Waals surface area contributed by atoms with E-state index in [1.54, 1.807) is 29.3 Å². The van der Waals surface area contributed by atoms with Gasteiger partial charge in [0.25, 0.3) is 5.91 Å². The van der Waals surface area contributed by atoms with Crippen molar-refractivity contribution in [3.05, 3.63) is 53.2 Å². The highest BCUT2D eigenvalue weighted by Crippen LogP contribution is 2.27. The molecule has 1 aromatic heterocycles. The van der Waals surface area contributed by atoms with Crippen LogP contribution in [0.3, 0.4) is 0 Å². The molecule has 0 atom stereocenters. The van der Waals surface area contributed by atoms with Gasteiger partial charge in [0, 0.05) is 51.2 Å². The Labute approximate surface area is 194 Å². The number of urea groups is 1. The normalized spacial score (nSPS) is 17.2. The van der Waals surface area contributed by atoms with Gasteiger partial charge in [0.15, 0.2) is 0 Å². The number of aromatic nitrogens is 1. The minimum atomic E-state index is -0.167. The summed E-state index contributed by atoms with van der Waals surface area (Å²) in [5, 5.41) is 3.27. The Balaban J connectivity index is 1.33. The number of benzene rings is 1. The molecule has 170 valence electrons. The van der Waals surface area contributed by atoms with E-state index in [1.807, 2.05) is 30.1 Å². The third-order valence-corrected chi connectivity index (χ3v) is 6.75. The fourth-order valence-corrected chi connectivity index (χ4v) is 4.73. The van der Waals surface area contributed by atoms with Gasteiger partial charge in [-0.15, -0.1) is 0 Å². The summed E-state index contributed by atoms with van der Waals surface area (Å²) < 4.78 is 0. The fraction of sp³-hybridized carbons (Fsp3) is 0.458. The standard InChI is InChI=1S/C24H30ClN5O2/c1-28(19-7-3-2-4-8-19)23(31)20-11-10-18(17-21(20)25)27-24(32)30-15-13-29(14-16-30)22-9-5-6-12-26-22/h5-6,9-12,17,19H,2-4,7-8,13-16H2,1H3,(H,27,32). The van der Waals surface area contributed by atoms with E-state index in [0.29, 0.717) is 29.4 Å². The molecule has 1 aromatic carbocycles. The smallest absolute Gasteiger partial charge is 0.321 e. The van der Waals surface area contributed by atoms with Gasteiger partial charge < -0.3 is 20.0 Å². The highest BCUT2D eigenvalue weighted by Gasteiger charge is 2.25. The van der Waals surface area contributed by atoms with E-state index in [0.717, 1.165) is 44.6 Å². The summed E-state index contributed by atoms with van der Waals surface area (Å²) in [6.07, 6.45) is 7.43. The molecule has 1 saturated carbocycles. The Hall–Kier alpha value is -2.80. The second kappa shape index (κ2) is 10.2. The molecule has 8 heteroatoms. The van der Waals surface area contributed by atoms with Crippen LogP contribution in [0.5, 0.6) is 0 Å². The average molecular weight is 456 g/mol. The number of halogens is 1. The van der Waals surface area contributed by atoms with Crippen LogP contribution in [0.2, 0.25) is 5.02 Å². The monoisotopic (exact) mass is 455 g/mol. The molecule has 1 aliphatic heterocycles. The first-order valence-corrected chi connectivity index (χ1v) is 11.7. The lowest BCUT2D eigenvalue weighted by Crippen LogP contribution is -2.50. The van der Waals surface area contributed by atoms with Gasteiger partial charge in [-0.25, -0.2) is 9.78 Å². The minimum absolute atomic E-state index is 0.0644. The number of piperazine rings is 1. The molecule has 2 aliphatic rings. The SMILES string of the molecule is CN(C(=O)c1ccc(NC(=O)N2CCN(c3ccccn3)CC2)cc1Cl)C1CCCCC1. The molecular formula is C24H30ClN5O2. The van der Waals surface area contributed by atoms with Crippen LogP contribution in [0, 0.1) is 0 Å². The zero-order chi connectivity index (χ0) is 22.5. The van der Waals surface area contributed by atoms with Crippen molar-refractivity contribution in [3.8, 4) is 0 Å². The van der Waals surface area contributed by atoms with E-state index in [-0.39, 0.29) is 18.0 Å². The molecule has 0 radical (unpaired) electrons. The summed E-state index contributed by atoms with van der Waals surface area (Å²) in [5.74, 6) is 0.864. The number of hydrogen-bond acceptors (Lipinski definition) is 4. The van der Waals surface area contributed by atoms with Crippen molar-refractivity contribution in [1.29, 1.82) is 0 Å². The van der Waals surface area contributed by atoms with Gasteiger partial charge in [-0.1, -0.05) is 36.9 Å². The Bertz CT molecular complexity index is 941. The van der Waals surface area contributed by atoms with E-state index >= 15 is 0 Å². The van der Waals surface area contributed by atoms with Gasteiger partial charge in [-0.2, -0.15) is 0 Å². The topological polar surface area (TPSA) is 68.8 Å². The molecule has 2 heterocycles. The maximum absolute atomic E-state index is 12.9. The van der Waals surface area contributed by atoms with Crippen molar-refractivity contribution in [2.75, 3.05) is 43.4 Å². The molecule has 2 aromatic rings. The lowest BCUT2D eigenvalue weighted by Gasteiger charge is -2.35. The van der Waals surface area contributed by atoms with Crippen LogP contribution in [0.4, 0.5) is 16.3 Å². The quantitative estimate of drug-likeness (QED) is 0.737. The second-order valence-electron chi connectivity index (χ2n) is 8.49. The zero-order valence-corrected chi connectivity index (χ0v) is 19.2. The number of nitrogens with zero attached hydrogens (tertiary/aromatic N) is 4. The Morgan fingerprint density at radius 3 is 2.47 bits per heavy atom. The van der Waals surface area contributed by atoms with Crippen LogP contribution in [-0.2, 0) is 0 Å². The van der Waals surface area contributed by atoms with Crippen LogP contribution in [0.1, 0.15) is 42.5 Å². The first-order chi connectivity index (χ1) is 15.5. The van der Waals surface area contributed by atoms with Crippen molar-refractivity contribution in [3.63, 3.8) is 0 Å². The highest BCUT2D eigenvalue weighted by atomic mass is 35.5. The molecule has 2 fully saturated rings. The lowest BCUT2D eigenvalue weighted by atomic mass is 9.94. The predicted octanol–water partition coefficient (Wildman–Crippen LogP) is 4.49. The number of pyridine rings is 1. The van der Waals surface area contributed by atoms with E-state index in [1.165, 1.54) is 6.42 Å². The Kier molecular flexibility index (Phi) is 7.15. The third-order valence-electron chi connectivity index (χ3n) is 6.43. The van der Waals surface area contributed by atoms with E-state index in [9.17, 15) is 9.59 Å². The number of nitrogens with one attached hydrogen (secondary N) is 1. The van der Waals surface area contributed by atoms with Gasteiger partial charge >= 0.3 is 6.03 Å². The van der Waals surface area contributed by atoms with Crippen LogP contribution in [0.25, 0.3) is 0 Å². The molecule has 32 heavy (non-hydrogen) atoms. The molecule has 3 amide bonds. The number of hydrogen-bond donors (Lipinski definition) is 1. The lowest BCUT2D eigenvalue weighted by molar-refractivity contribution is 0.0696. The van der Waals surface area contributed by atoms with E-state index < -0.39 is 0 Å². The molecule has 7 nitrogen and oxygen atoms in total. The summed E-state index contributed by atoms with van der Waals surface area (Å²) in [6.45, 7) is 2.68. The first kappa shape index (κ1) is 22.4. The van der Waals surface area contributed by atoms with E-state index in [4.69, 9.17) is 11.6 Å². The van der Waals surface area contributed by atoms with Crippen LogP contribution >= 0.6 is 11.6 Å². The van der Waals surface area contributed by atoms with Crippen LogP contribution in [-0.4, -0.2) is 66.0 Å². The maximum atomic E-state index is 12.9. The Morgan fingerprint density at radius 1 is 1.06 bits per heavy atom. The molecule has 0 bridgehead atoms. The van der Waals surface area contributed by atoms with Gasteiger partial charge in [-0.05, 0) is 43.2 Å². The van der Waals surface area contributed by atoms with E-state index in [2.05, 4.69) is 15.2 Å². The molecular weight excluding hydrogens is 426 g/mol. The summed E-state index contributed by atoms with van der Waals surface area (Å²) >= 11 is 6.44. The van der Waals surface area contributed by atoms with Crippen LogP contribution < -0.4 is 10.2 Å². The first-order valence-electron chi connectivity index (χ1n) is 11.3. The number of rotatable bonds is 4. The van der Waals surface area contributed by atoms with Gasteiger partial charge in [0.1, 0.15) is 5.82 Å². The van der Waals surface area contributed by atoms with Crippen molar-refractivity contribution in [1.82, 2.24) is 14.8 Å². The van der Waals surface area contributed by atoms with Gasteiger partial charge in [-0.3, -0.25) is 4.79 Å². The third kappa shape index (κ3) is 5.15. The minimum Gasteiger partial charge on any atom is -0.353 e. The van der Waals surface area contributed by atoms with Gasteiger partial charge in [0.05, 0.1) is 10.6 Å². The number of carbonyl (C=O) groups is 2. The maximum Gasteiger partial charge on any atom is 0.321 e. The highest BCUT2D eigenvalue weighted by molar-refractivity contribution is 6.34. The van der Waals surface area contributed by atoms with Crippen molar-refractivity contribution >= 4 is 35.0 Å².